The Bertz CT molecular complexity index is 1400. The molecule has 0 radical (unpaired) electrons. The number of rotatable bonds is 10. The number of halogens is 1. The molecule has 12 heteroatoms. The summed E-state index contributed by atoms with van der Waals surface area (Å²) in [4.78, 5) is 42.6. The third-order valence-electron chi connectivity index (χ3n) is 5.41. The number of ether oxygens (including phenoxy) is 1. The zero-order chi connectivity index (χ0) is 28.9. The lowest BCUT2D eigenvalue weighted by molar-refractivity contribution is -0.116. The lowest BCUT2D eigenvalue weighted by Crippen LogP contribution is -2.27. The number of carbonyl (C=O) groups excluding carboxylic acids is 2. The molecule has 0 aliphatic heterocycles. The van der Waals surface area contributed by atoms with Gasteiger partial charge in [0, 0.05) is 36.3 Å². The zero-order valence-corrected chi connectivity index (χ0v) is 22.8. The third-order valence-corrected chi connectivity index (χ3v) is 6.51. The molecular formula is C27H30FN5O5S. The monoisotopic (exact) mass is 555 g/mol. The minimum atomic E-state index is -1.26. The van der Waals surface area contributed by atoms with E-state index in [9.17, 15) is 23.9 Å². The van der Waals surface area contributed by atoms with Crippen molar-refractivity contribution in [3.8, 4) is 11.3 Å². The van der Waals surface area contributed by atoms with Crippen molar-refractivity contribution in [2.75, 3.05) is 23.3 Å². The Balaban J connectivity index is 1.70. The van der Waals surface area contributed by atoms with Crippen LogP contribution in [-0.4, -0.2) is 52.5 Å². The number of nitrogens with two attached hydrogens (primary N) is 1. The first kappa shape index (κ1) is 29.2. The minimum Gasteiger partial charge on any atom is -0.477 e. The lowest BCUT2D eigenvalue weighted by Gasteiger charge is -2.20. The highest BCUT2D eigenvalue weighted by Crippen LogP contribution is 2.35. The van der Waals surface area contributed by atoms with Crippen LogP contribution in [0.5, 0.6) is 0 Å². The Hall–Kier alpha value is -4.32. The topological polar surface area (TPSA) is 159 Å². The number of aromatic nitrogens is 1. The molecule has 1 heterocycles. The summed E-state index contributed by atoms with van der Waals surface area (Å²) in [7, 11) is 0. The van der Waals surface area contributed by atoms with Gasteiger partial charge in [0.05, 0.1) is 5.56 Å². The molecule has 0 saturated heterocycles. The molecule has 206 valence electrons. The van der Waals surface area contributed by atoms with E-state index < -0.39 is 23.4 Å². The second-order valence-corrected chi connectivity index (χ2v) is 10.5. The van der Waals surface area contributed by atoms with E-state index in [0.717, 1.165) is 17.4 Å². The van der Waals surface area contributed by atoms with E-state index in [1.807, 2.05) is 6.92 Å². The van der Waals surface area contributed by atoms with Crippen LogP contribution >= 0.6 is 11.3 Å². The predicted molar refractivity (Wildman–Crippen MR) is 148 cm³/mol. The van der Waals surface area contributed by atoms with Crippen LogP contribution in [-0.2, 0) is 9.53 Å². The minimum absolute atomic E-state index is 0.0245. The highest BCUT2D eigenvalue weighted by atomic mass is 32.1. The molecule has 0 fully saturated rings. The standard InChI is InChI=1S/C27H30FN5O5S/c1-5-33(13-12-20(34)31-17-9-6-15(7-10-17)25(37)38-27(2,3)4)26-32-21(22(39-26)24(35)36)18-11-8-16(23(29)30)14-19(18)28/h6-11,14H,5,12-13H2,1-4H3,(H3,29,30)(H,31,34)(H,35,36). The molecule has 3 aromatic rings. The first-order valence-corrected chi connectivity index (χ1v) is 12.9. The summed E-state index contributed by atoms with van der Waals surface area (Å²) in [5, 5.41) is 20.2. The molecule has 0 aliphatic rings. The van der Waals surface area contributed by atoms with Crippen molar-refractivity contribution in [3.05, 3.63) is 64.3 Å². The van der Waals surface area contributed by atoms with Crippen molar-refractivity contribution < 1.29 is 28.6 Å². The number of thiazole rings is 1. The van der Waals surface area contributed by atoms with E-state index in [2.05, 4.69) is 10.3 Å². The molecule has 3 rings (SSSR count). The van der Waals surface area contributed by atoms with Crippen LogP contribution in [0.25, 0.3) is 11.3 Å². The van der Waals surface area contributed by atoms with E-state index in [4.69, 9.17) is 15.9 Å². The molecule has 0 aliphatic carbocycles. The van der Waals surface area contributed by atoms with Crippen LogP contribution in [0.2, 0.25) is 0 Å². The van der Waals surface area contributed by atoms with Crippen molar-refractivity contribution in [3.63, 3.8) is 0 Å². The number of amides is 1. The highest BCUT2D eigenvalue weighted by Gasteiger charge is 2.24. The van der Waals surface area contributed by atoms with Gasteiger partial charge < -0.3 is 25.8 Å². The fourth-order valence-corrected chi connectivity index (χ4v) is 4.53. The first-order chi connectivity index (χ1) is 18.3. The number of benzene rings is 2. The average Bonchev–Trinajstić information content (AvgIpc) is 3.29. The smallest absolute Gasteiger partial charge is 0.348 e. The third kappa shape index (κ3) is 7.60. The van der Waals surface area contributed by atoms with Gasteiger partial charge in [-0.1, -0.05) is 17.4 Å². The van der Waals surface area contributed by atoms with Crippen molar-refractivity contribution in [2.45, 2.75) is 39.7 Å². The van der Waals surface area contributed by atoms with Gasteiger partial charge in [-0.3, -0.25) is 10.2 Å². The van der Waals surface area contributed by atoms with Gasteiger partial charge in [-0.15, -0.1) is 0 Å². The van der Waals surface area contributed by atoms with E-state index in [0.29, 0.717) is 22.9 Å². The number of nitrogen functional groups attached to an aromatic ring is 1. The summed E-state index contributed by atoms with van der Waals surface area (Å²) in [5.74, 6) is -3.07. The number of aromatic carboxylic acids is 1. The first-order valence-electron chi connectivity index (χ1n) is 12.1. The summed E-state index contributed by atoms with van der Waals surface area (Å²) in [6, 6.07) is 10.2. The van der Waals surface area contributed by atoms with Gasteiger partial charge in [-0.2, -0.15) is 0 Å². The molecule has 2 aromatic carbocycles. The molecule has 1 amide bonds. The Labute approximate surface area is 229 Å². The summed E-state index contributed by atoms with van der Waals surface area (Å²) < 4.78 is 20.1. The van der Waals surface area contributed by atoms with Crippen LogP contribution in [0.1, 0.15) is 59.7 Å². The Morgan fingerprint density at radius 1 is 1.15 bits per heavy atom. The van der Waals surface area contributed by atoms with Gasteiger partial charge in [0.1, 0.15) is 27.8 Å². The molecule has 0 unspecified atom stereocenters. The van der Waals surface area contributed by atoms with Crippen molar-refractivity contribution in [1.82, 2.24) is 4.98 Å². The largest absolute Gasteiger partial charge is 0.477 e. The molecule has 5 N–H and O–H groups in total. The zero-order valence-electron chi connectivity index (χ0n) is 22.0. The van der Waals surface area contributed by atoms with Gasteiger partial charge in [0.15, 0.2) is 5.13 Å². The summed E-state index contributed by atoms with van der Waals surface area (Å²) in [5.41, 5.74) is 5.76. The maximum Gasteiger partial charge on any atom is 0.348 e. The van der Waals surface area contributed by atoms with E-state index in [1.54, 1.807) is 49.9 Å². The quantitative estimate of drug-likeness (QED) is 0.159. The van der Waals surface area contributed by atoms with Gasteiger partial charge in [-0.05, 0) is 64.1 Å². The maximum absolute atomic E-state index is 14.8. The van der Waals surface area contributed by atoms with Crippen molar-refractivity contribution in [1.29, 1.82) is 5.41 Å². The Morgan fingerprint density at radius 2 is 1.79 bits per heavy atom. The molecular weight excluding hydrogens is 525 g/mol. The second-order valence-electron chi connectivity index (χ2n) is 9.54. The lowest BCUT2D eigenvalue weighted by atomic mass is 10.1. The molecule has 0 saturated carbocycles. The normalized spacial score (nSPS) is 11.1. The SMILES string of the molecule is CCN(CCC(=O)Nc1ccc(C(=O)OC(C)(C)C)cc1)c1nc(-c2ccc(C(=N)N)cc2F)c(C(=O)O)s1. The maximum atomic E-state index is 14.8. The number of nitrogens with one attached hydrogen (secondary N) is 2. The number of carboxylic acids is 1. The number of carbonyl (C=O) groups is 3. The number of hydrogen-bond acceptors (Lipinski definition) is 8. The van der Waals surface area contributed by atoms with Crippen LogP contribution in [0.3, 0.4) is 0 Å². The molecule has 39 heavy (non-hydrogen) atoms. The number of nitrogens with zero attached hydrogens (tertiary/aromatic N) is 2. The summed E-state index contributed by atoms with van der Waals surface area (Å²) >= 11 is 0.884. The van der Waals surface area contributed by atoms with Gasteiger partial charge >= 0.3 is 11.9 Å². The van der Waals surface area contributed by atoms with Crippen LogP contribution < -0.4 is 16.0 Å². The molecule has 1 aromatic heterocycles. The number of hydrogen-bond donors (Lipinski definition) is 4. The van der Waals surface area contributed by atoms with E-state index in [1.165, 1.54) is 12.1 Å². The molecule has 10 nitrogen and oxygen atoms in total. The summed E-state index contributed by atoms with van der Waals surface area (Å²) in [6.07, 6.45) is 0.0701. The van der Waals surface area contributed by atoms with E-state index in [-0.39, 0.29) is 46.4 Å². The number of esters is 1. The number of carboxylic acid groups (broad SMARTS) is 1. The van der Waals surface area contributed by atoms with E-state index >= 15 is 0 Å². The average molecular weight is 556 g/mol. The van der Waals surface area contributed by atoms with Crippen LogP contribution in [0.4, 0.5) is 15.2 Å². The predicted octanol–water partition coefficient (Wildman–Crippen LogP) is 4.74. The molecule has 0 spiro atoms. The van der Waals surface area contributed by atoms with Crippen molar-refractivity contribution >= 4 is 45.8 Å². The van der Waals surface area contributed by atoms with Crippen LogP contribution in [0, 0.1) is 11.2 Å². The molecule has 0 bridgehead atoms. The molecule has 0 atom stereocenters. The number of amidine groups is 1. The Kier molecular flexibility index (Phi) is 9.02. The highest BCUT2D eigenvalue weighted by molar-refractivity contribution is 7.17. The number of anilines is 2. The van der Waals surface area contributed by atoms with Gasteiger partial charge in [-0.25, -0.2) is 19.0 Å². The second kappa shape index (κ2) is 12.0. The fraction of sp³-hybridized carbons (Fsp3) is 0.296. The Morgan fingerprint density at radius 3 is 2.33 bits per heavy atom. The van der Waals surface area contributed by atoms with Crippen molar-refractivity contribution in [2.24, 2.45) is 5.73 Å². The van der Waals surface area contributed by atoms with Crippen LogP contribution in [0.15, 0.2) is 42.5 Å². The van der Waals surface area contributed by atoms with Gasteiger partial charge in [0.25, 0.3) is 0 Å². The fourth-order valence-electron chi connectivity index (χ4n) is 3.52. The van der Waals surface area contributed by atoms with Gasteiger partial charge in [0.2, 0.25) is 5.91 Å². The summed E-state index contributed by atoms with van der Waals surface area (Å²) in [6.45, 7) is 7.82.